The summed E-state index contributed by atoms with van der Waals surface area (Å²) >= 11 is 0. The zero-order valence-electron chi connectivity index (χ0n) is 14.0. The van der Waals surface area contributed by atoms with Gasteiger partial charge in [0.15, 0.2) is 0 Å². The monoisotopic (exact) mass is 337 g/mol. The fourth-order valence-electron chi connectivity index (χ4n) is 3.56. The first kappa shape index (κ1) is 15.6. The van der Waals surface area contributed by atoms with Crippen molar-refractivity contribution >= 4 is 16.9 Å². The molecule has 3 heterocycles. The summed E-state index contributed by atoms with van der Waals surface area (Å²) in [5.41, 5.74) is 3.20. The number of carbonyl (C=O) groups is 1. The molecule has 0 bridgehead atoms. The molecule has 1 amide bonds. The van der Waals surface area contributed by atoms with Crippen LogP contribution in [-0.4, -0.2) is 27.3 Å². The topological polar surface area (TPSA) is 79.2 Å². The molecule has 3 aromatic rings. The molecule has 2 aromatic heterocycles. The number of nitrogens with one attached hydrogen (secondary N) is 1. The SMILES string of the molecule is Cc1ccc2c(CC(=O)N3CCC[C@H]3c3ccnc(=O)[nH]3)coc2c1. The van der Waals surface area contributed by atoms with Gasteiger partial charge in [0.25, 0.3) is 0 Å². The van der Waals surface area contributed by atoms with E-state index >= 15 is 0 Å². The third-order valence-electron chi connectivity index (χ3n) is 4.78. The molecule has 1 aliphatic rings. The molecule has 1 atom stereocenters. The molecule has 6 heteroatoms. The van der Waals surface area contributed by atoms with Crippen molar-refractivity contribution < 1.29 is 9.21 Å². The number of hydrogen-bond acceptors (Lipinski definition) is 4. The second kappa shape index (κ2) is 6.20. The van der Waals surface area contributed by atoms with Crippen LogP contribution in [0.4, 0.5) is 0 Å². The third-order valence-corrected chi connectivity index (χ3v) is 4.78. The third kappa shape index (κ3) is 2.95. The summed E-state index contributed by atoms with van der Waals surface area (Å²) in [6.07, 6.45) is 5.22. The zero-order valence-corrected chi connectivity index (χ0v) is 14.0. The van der Waals surface area contributed by atoms with Crippen LogP contribution in [0.5, 0.6) is 0 Å². The minimum absolute atomic E-state index is 0.0448. The molecule has 1 aliphatic heterocycles. The first-order valence-electron chi connectivity index (χ1n) is 8.43. The summed E-state index contributed by atoms with van der Waals surface area (Å²) < 4.78 is 5.59. The van der Waals surface area contributed by atoms with Crippen molar-refractivity contribution in [2.45, 2.75) is 32.2 Å². The fraction of sp³-hybridized carbons (Fsp3) is 0.316. The number of aryl methyl sites for hydroxylation is 1. The molecule has 0 spiro atoms. The lowest BCUT2D eigenvalue weighted by Crippen LogP contribution is -2.33. The summed E-state index contributed by atoms with van der Waals surface area (Å²) in [4.78, 5) is 32.6. The van der Waals surface area contributed by atoms with E-state index in [-0.39, 0.29) is 17.6 Å². The first-order chi connectivity index (χ1) is 12.1. The number of aromatic nitrogens is 2. The minimum atomic E-state index is -0.381. The van der Waals surface area contributed by atoms with Gasteiger partial charge >= 0.3 is 5.69 Å². The number of aromatic amines is 1. The van der Waals surface area contributed by atoms with Crippen LogP contribution in [0, 0.1) is 6.92 Å². The lowest BCUT2D eigenvalue weighted by molar-refractivity contribution is -0.131. The number of amides is 1. The van der Waals surface area contributed by atoms with E-state index < -0.39 is 0 Å². The molecule has 0 radical (unpaired) electrons. The Kier molecular flexibility index (Phi) is 3.87. The van der Waals surface area contributed by atoms with Crippen LogP contribution in [0.2, 0.25) is 0 Å². The molecule has 0 aliphatic carbocycles. The molecule has 1 fully saturated rings. The molecular formula is C19H19N3O3. The predicted molar refractivity (Wildman–Crippen MR) is 93.2 cm³/mol. The Hall–Kier alpha value is -2.89. The quantitative estimate of drug-likeness (QED) is 0.797. The number of nitrogens with zero attached hydrogens (tertiary/aromatic N) is 2. The Morgan fingerprint density at radius 2 is 2.28 bits per heavy atom. The van der Waals surface area contributed by atoms with Crippen LogP contribution in [0.3, 0.4) is 0 Å². The summed E-state index contributed by atoms with van der Waals surface area (Å²) in [5.74, 6) is 0.0448. The van der Waals surface area contributed by atoms with E-state index in [9.17, 15) is 9.59 Å². The Balaban J connectivity index is 1.58. The van der Waals surface area contributed by atoms with Crippen molar-refractivity contribution in [3.63, 3.8) is 0 Å². The normalized spacial score (nSPS) is 17.3. The summed E-state index contributed by atoms with van der Waals surface area (Å²) in [5, 5.41) is 0.979. The zero-order chi connectivity index (χ0) is 17.4. The number of fused-ring (bicyclic) bond motifs is 1. The average molecular weight is 337 g/mol. The van der Waals surface area contributed by atoms with Crippen LogP contribution in [0.25, 0.3) is 11.0 Å². The Labute approximate surface area is 144 Å². The van der Waals surface area contributed by atoms with Crippen molar-refractivity contribution in [3.8, 4) is 0 Å². The Morgan fingerprint density at radius 1 is 1.40 bits per heavy atom. The van der Waals surface area contributed by atoms with Gasteiger partial charge in [-0.1, -0.05) is 12.1 Å². The van der Waals surface area contributed by atoms with Gasteiger partial charge in [-0.2, -0.15) is 0 Å². The van der Waals surface area contributed by atoms with E-state index in [0.29, 0.717) is 13.0 Å². The maximum atomic E-state index is 12.9. The van der Waals surface area contributed by atoms with Gasteiger partial charge in [-0.15, -0.1) is 0 Å². The van der Waals surface area contributed by atoms with Gasteiger partial charge < -0.3 is 14.3 Å². The largest absolute Gasteiger partial charge is 0.464 e. The smallest absolute Gasteiger partial charge is 0.345 e. The van der Waals surface area contributed by atoms with E-state index in [1.807, 2.05) is 30.0 Å². The molecule has 0 saturated carbocycles. The maximum Gasteiger partial charge on any atom is 0.345 e. The Bertz CT molecular complexity index is 989. The summed E-state index contributed by atoms with van der Waals surface area (Å²) in [6.45, 7) is 2.71. The molecule has 25 heavy (non-hydrogen) atoms. The molecule has 1 N–H and O–H groups in total. The average Bonchev–Trinajstić information content (AvgIpc) is 3.22. The van der Waals surface area contributed by atoms with Gasteiger partial charge in [0.2, 0.25) is 5.91 Å². The summed E-state index contributed by atoms with van der Waals surface area (Å²) in [6, 6.07) is 7.67. The minimum Gasteiger partial charge on any atom is -0.464 e. The van der Waals surface area contributed by atoms with Crippen molar-refractivity contribution in [2.75, 3.05) is 6.54 Å². The van der Waals surface area contributed by atoms with E-state index in [2.05, 4.69) is 9.97 Å². The van der Waals surface area contributed by atoms with Crippen LogP contribution in [0.1, 0.15) is 35.7 Å². The van der Waals surface area contributed by atoms with E-state index in [1.165, 1.54) is 6.20 Å². The van der Waals surface area contributed by atoms with Gasteiger partial charge in [-0.3, -0.25) is 4.79 Å². The van der Waals surface area contributed by atoms with Gasteiger partial charge in [-0.25, -0.2) is 9.78 Å². The highest BCUT2D eigenvalue weighted by Gasteiger charge is 2.31. The highest BCUT2D eigenvalue weighted by molar-refractivity contribution is 5.88. The van der Waals surface area contributed by atoms with Gasteiger partial charge in [-0.05, 0) is 37.5 Å². The predicted octanol–water partition coefficient (Wildman–Crippen LogP) is 2.73. The number of H-pyrrole nitrogens is 1. The van der Waals surface area contributed by atoms with Gasteiger partial charge in [0.05, 0.1) is 18.7 Å². The lowest BCUT2D eigenvalue weighted by atomic mass is 10.1. The van der Waals surface area contributed by atoms with E-state index in [0.717, 1.165) is 40.6 Å². The van der Waals surface area contributed by atoms with Crippen molar-refractivity contribution in [2.24, 2.45) is 0 Å². The number of rotatable bonds is 3. The van der Waals surface area contributed by atoms with E-state index in [1.54, 1.807) is 12.3 Å². The second-order valence-corrected chi connectivity index (χ2v) is 6.51. The van der Waals surface area contributed by atoms with Crippen molar-refractivity contribution in [3.05, 3.63) is 64.0 Å². The van der Waals surface area contributed by atoms with Crippen LogP contribution < -0.4 is 5.69 Å². The molecule has 4 rings (SSSR count). The number of likely N-dealkylation sites (tertiary alicyclic amines) is 1. The number of hydrogen-bond donors (Lipinski definition) is 1. The first-order valence-corrected chi connectivity index (χ1v) is 8.43. The van der Waals surface area contributed by atoms with Gasteiger partial charge in [0.1, 0.15) is 5.58 Å². The number of carbonyl (C=O) groups excluding carboxylic acids is 1. The molecule has 128 valence electrons. The van der Waals surface area contributed by atoms with Crippen molar-refractivity contribution in [1.29, 1.82) is 0 Å². The van der Waals surface area contributed by atoms with Crippen LogP contribution in [-0.2, 0) is 11.2 Å². The molecular weight excluding hydrogens is 318 g/mol. The molecule has 1 saturated heterocycles. The second-order valence-electron chi connectivity index (χ2n) is 6.51. The van der Waals surface area contributed by atoms with Crippen LogP contribution >= 0.6 is 0 Å². The van der Waals surface area contributed by atoms with E-state index in [4.69, 9.17) is 4.42 Å². The number of benzene rings is 1. The maximum absolute atomic E-state index is 12.9. The fourth-order valence-corrected chi connectivity index (χ4v) is 3.56. The summed E-state index contributed by atoms with van der Waals surface area (Å²) in [7, 11) is 0. The lowest BCUT2D eigenvalue weighted by Gasteiger charge is -2.24. The molecule has 6 nitrogen and oxygen atoms in total. The van der Waals surface area contributed by atoms with Crippen LogP contribution in [0.15, 0.2) is 45.9 Å². The highest BCUT2D eigenvalue weighted by Crippen LogP contribution is 2.31. The van der Waals surface area contributed by atoms with Crippen molar-refractivity contribution in [1.82, 2.24) is 14.9 Å². The Morgan fingerprint density at radius 3 is 3.12 bits per heavy atom. The van der Waals surface area contributed by atoms with Gasteiger partial charge in [0, 0.05) is 29.4 Å². The highest BCUT2D eigenvalue weighted by atomic mass is 16.3. The number of furan rings is 1. The standard InChI is InChI=1S/C19H19N3O3/c1-12-4-5-14-13(11-25-17(14)9-12)10-18(23)22-8-2-3-16(22)15-6-7-20-19(24)21-15/h4-7,9,11,16H,2-3,8,10H2,1H3,(H,20,21,24)/t16-/m0/s1. The molecule has 0 unspecified atom stereocenters. The molecule has 1 aromatic carbocycles.